The van der Waals surface area contributed by atoms with E-state index in [0.29, 0.717) is 6.42 Å². The standard InChI is InChI=1S/C14H25NO6/c1-2-3-4-5-6-10(16)9-12(17)15-11(14(20)21)7-8-13(18)19/h10-11,16H,2-9H2,1H3,(H,15,17)(H,18,19)(H,20,21)/t10?,11-/m0/s1. The predicted molar refractivity (Wildman–Crippen MR) is 75.8 cm³/mol. The van der Waals surface area contributed by atoms with Crippen LogP contribution >= 0.6 is 0 Å². The molecular weight excluding hydrogens is 278 g/mol. The van der Waals surface area contributed by atoms with E-state index in [2.05, 4.69) is 12.2 Å². The lowest BCUT2D eigenvalue weighted by atomic mass is 10.1. The average molecular weight is 303 g/mol. The molecule has 7 heteroatoms. The molecule has 0 aliphatic heterocycles. The maximum atomic E-state index is 11.6. The number of hydrogen-bond acceptors (Lipinski definition) is 4. The van der Waals surface area contributed by atoms with Crippen LogP contribution in [0.1, 0.15) is 58.3 Å². The van der Waals surface area contributed by atoms with E-state index < -0.39 is 30.0 Å². The van der Waals surface area contributed by atoms with Gasteiger partial charge in [-0.05, 0) is 12.8 Å². The maximum Gasteiger partial charge on any atom is 0.326 e. The Hall–Kier alpha value is -1.63. The van der Waals surface area contributed by atoms with E-state index in [0.717, 1.165) is 25.7 Å². The topological polar surface area (TPSA) is 124 Å². The SMILES string of the molecule is CCCCCCC(O)CC(=O)N[C@@H](CCC(=O)O)C(=O)O. The summed E-state index contributed by atoms with van der Waals surface area (Å²) in [5.74, 6) is -2.97. The molecule has 0 aromatic carbocycles. The Morgan fingerprint density at radius 3 is 2.24 bits per heavy atom. The van der Waals surface area contributed by atoms with Gasteiger partial charge < -0.3 is 20.6 Å². The monoisotopic (exact) mass is 303 g/mol. The first kappa shape index (κ1) is 19.4. The summed E-state index contributed by atoms with van der Waals surface area (Å²) in [5, 5.41) is 29.3. The van der Waals surface area contributed by atoms with Crippen LogP contribution in [0.25, 0.3) is 0 Å². The number of amides is 1. The van der Waals surface area contributed by atoms with Crippen molar-refractivity contribution < 1.29 is 29.7 Å². The highest BCUT2D eigenvalue weighted by Crippen LogP contribution is 2.08. The van der Waals surface area contributed by atoms with Crippen LogP contribution in [0.3, 0.4) is 0 Å². The van der Waals surface area contributed by atoms with Crippen LogP contribution in [0.5, 0.6) is 0 Å². The molecule has 0 aliphatic rings. The fraction of sp³-hybridized carbons (Fsp3) is 0.786. The van der Waals surface area contributed by atoms with E-state index in [4.69, 9.17) is 10.2 Å². The summed E-state index contributed by atoms with van der Waals surface area (Å²) in [4.78, 5) is 32.9. The lowest BCUT2D eigenvalue weighted by Crippen LogP contribution is -2.42. The van der Waals surface area contributed by atoms with Gasteiger partial charge in [0.2, 0.25) is 5.91 Å². The number of carbonyl (C=O) groups is 3. The molecule has 0 aromatic rings. The molecular formula is C14H25NO6. The van der Waals surface area contributed by atoms with E-state index in [1.165, 1.54) is 0 Å². The smallest absolute Gasteiger partial charge is 0.326 e. The van der Waals surface area contributed by atoms with Crippen LogP contribution in [0.15, 0.2) is 0 Å². The summed E-state index contributed by atoms with van der Waals surface area (Å²) in [7, 11) is 0. The Labute approximate surface area is 124 Å². The van der Waals surface area contributed by atoms with Crippen LogP contribution < -0.4 is 5.32 Å². The van der Waals surface area contributed by atoms with E-state index in [1.54, 1.807) is 0 Å². The molecule has 0 fully saturated rings. The minimum atomic E-state index is -1.28. The zero-order chi connectivity index (χ0) is 16.3. The fourth-order valence-corrected chi connectivity index (χ4v) is 1.90. The third-order valence-electron chi connectivity index (χ3n) is 3.09. The summed E-state index contributed by atoms with van der Waals surface area (Å²) < 4.78 is 0. The van der Waals surface area contributed by atoms with Crippen molar-refractivity contribution in [3.05, 3.63) is 0 Å². The van der Waals surface area contributed by atoms with Crippen LogP contribution in [0, 0.1) is 0 Å². The summed E-state index contributed by atoms with van der Waals surface area (Å²) in [6.45, 7) is 2.08. The molecule has 0 aromatic heterocycles. The van der Waals surface area contributed by atoms with Crippen molar-refractivity contribution in [1.82, 2.24) is 5.32 Å². The van der Waals surface area contributed by atoms with Gasteiger partial charge in [0.1, 0.15) is 6.04 Å². The maximum absolute atomic E-state index is 11.6. The summed E-state index contributed by atoms with van der Waals surface area (Å²) >= 11 is 0. The molecule has 0 radical (unpaired) electrons. The summed E-state index contributed by atoms with van der Waals surface area (Å²) in [6, 6.07) is -1.24. The number of nitrogens with one attached hydrogen (secondary N) is 1. The van der Waals surface area contributed by atoms with Gasteiger partial charge in [0.05, 0.1) is 12.5 Å². The molecule has 0 saturated heterocycles. The fourth-order valence-electron chi connectivity index (χ4n) is 1.90. The Kier molecular flexibility index (Phi) is 10.2. The first-order valence-electron chi connectivity index (χ1n) is 7.28. The second-order valence-corrected chi connectivity index (χ2v) is 5.10. The molecule has 1 amide bonds. The van der Waals surface area contributed by atoms with Gasteiger partial charge in [0.25, 0.3) is 0 Å². The molecule has 0 aliphatic carbocycles. The molecule has 0 rings (SSSR count). The van der Waals surface area contributed by atoms with Crippen LogP contribution in [-0.2, 0) is 14.4 Å². The van der Waals surface area contributed by atoms with E-state index in [1.807, 2.05) is 0 Å². The van der Waals surface area contributed by atoms with Gasteiger partial charge in [0.15, 0.2) is 0 Å². The Morgan fingerprint density at radius 2 is 1.71 bits per heavy atom. The quantitative estimate of drug-likeness (QED) is 0.401. The summed E-state index contributed by atoms with van der Waals surface area (Å²) in [6.07, 6.45) is 3.00. The Balaban J connectivity index is 4.06. The second kappa shape index (κ2) is 11.1. The van der Waals surface area contributed by atoms with Crippen LogP contribution in [0.2, 0.25) is 0 Å². The number of carboxylic acids is 2. The number of carbonyl (C=O) groups excluding carboxylic acids is 1. The third-order valence-corrected chi connectivity index (χ3v) is 3.09. The lowest BCUT2D eigenvalue weighted by molar-refractivity contribution is -0.143. The molecule has 0 bridgehead atoms. The van der Waals surface area contributed by atoms with Crippen molar-refractivity contribution in [3.63, 3.8) is 0 Å². The van der Waals surface area contributed by atoms with Gasteiger partial charge in [-0.25, -0.2) is 4.79 Å². The van der Waals surface area contributed by atoms with Gasteiger partial charge in [0, 0.05) is 6.42 Å². The molecule has 2 atom stereocenters. The van der Waals surface area contributed by atoms with Crippen molar-refractivity contribution in [2.45, 2.75) is 70.4 Å². The molecule has 0 heterocycles. The molecule has 21 heavy (non-hydrogen) atoms. The normalized spacial score (nSPS) is 13.4. The Bertz CT molecular complexity index is 344. The van der Waals surface area contributed by atoms with Gasteiger partial charge in [-0.1, -0.05) is 32.6 Å². The Morgan fingerprint density at radius 1 is 1.05 bits per heavy atom. The van der Waals surface area contributed by atoms with E-state index in [-0.39, 0.29) is 19.3 Å². The van der Waals surface area contributed by atoms with Crippen molar-refractivity contribution >= 4 is 17.8 Å². The number of carboxylic acid groups (broad SMARTS) is 2. The third kappa shape index (κ3) is 10.8. The molecule has 122 valence electrons. The van der Waals surface area contributed by atoms with Gasteiger partial charge in [-0.2, -0.15) is 0 Å². The number of aliphatic hydroxyl groups excluding tert-OH is 1. The molecule has 0 spiro atoms. The number of aliphatic carboxylic acids is 2. The van der Waals surface area contributed by atoms with Crippen LogP contribution in [0.4, 0.5) is 0 Å². The minimum Gasteiger partial charge on any atom is -0.481 e. The molecule has 7 nitrogen and oxygen atoms in total. The first-order valence-corrected chi connectivity index (χ1v) is 7.28. The van der Waals surface area contributed by atoms with Crippen molar-refractivity contribution in [3.8, 4) is 0 Å². The lowest BCUT2D eigenvalue weighted by Gasteiger charge is -2.15. The highest BCUT2D eigenvalue weighted by atomic mass is 16.4. The largest absolute Gasteiger partial charge is 0.481 e. The average Bonchev–Trinajstić information content (AvgIpc) is 2.39. The van der Waals surface area contributed by atoms with E-state index in [9.17, 15) is 19.5 Å². The molecule has 1 unspecified atom stereocenters. The van der Waals surface area contributed by atoms with Crippen molar-refractivity contribution in [2.24, 2.45) is 0 Å². The van der Waals surface area contributed by atoms with Crippen molar-refractivity contribution in [2.75, 3.05) is 0 Å². The predicted octanol–water partition coefficient (Wildman–Crippen LogP) is 1.14. The van der Waals surface area contributed by atoms with Gasteiger partial charge >= 0.3 is 11.9 Å². The van der Waals surface area contributed by atoms with Gasteiger partial charge in [-0.3, -0.25) is 9.59 Å². The zero-order valence-electron chi connectivity index (χ0n) is 12.4. The highest BCUT2D eigenvalue weighted by Gasteiger charge is 2.22. The summed E-state index contributed by atoms with van der Waals surface area (Å²) in [5.41, 5.74) is 0. The highest BCUT2D eigenvalue weighted by molar-refractivity contribution is 5.84. The molecule has 4 N–H and O–H groups in total. The van der Waals surface area contributed by atoms with Gasteiger partial charge in [-0.15, -0.1) is 0 Å². The number of rotatable bonds is 12. The second-order valence-electron chi connectivity index (χ2n) is 5.10. The number of aliphatic hydroxyl groups is 1. The minimum absolute atomic E-state index is 0.164. The number of unbranched alkanes of at least 4 members (excludes halogenated alkanes) is 3. The van der Waals surface area contributed by atoms with E-state index >= 15 is 0 Å². The first-order chi connectivity index (χ1) is 9.86. The van der Waals surface area contributed by atoms with Crippen LogP contribution in [-0.4, -0.2) is 45.3 Å². The van der Waals surface area contributed by atoms with Crippen molar-refractivity contribution in [1.29, 1.82) is 0 Å². The number of hydrogen-bond donors (Lipinski definition) is 4. The zero-order valence-corrected chi connectivity index (χ0v) is 12.4. The molecule has 0 saturated carbocycles.